The number of carbonyl (C=O) groups is 1. The predicted octanol–water partition coefficient (Wildman–Crippen LogP) is 4.34. The predicted molar refractivity (Wildman–Crippen MR) is 127 cm³/mol. The summed E-state index contributed by atoms with van der Waals surface area (Å²) in [6, 6.07) is 18.2. The van der Waals surface area contributed by atoms with Crippen LogP contribution in [0.2, 0.25) is 0 Å². The zero-order chi connectivity index (χ0) is 22.6. The zero-order valence-electron chi connectivity index (χ0n) is 16.4. The van der Waals surface area contributed by atoms with Crippen LogP contribution in [0.4, 0.5) is 17.1 Å². The Morgan fingerprint density at radius 3 is 2.29 bits per heavy atom. The number of amides is 1. The fourth-order valence-electron chi connectivity index (χ4n) is 2.86. The van der Waals surface area contributed by atoms with Gasteiger partial charge in [-0.15, -0.1) is 0 Å². The Hall–Kier alpha value is -2.99. The smallest absolute Gasteiger partial charge is 0.269 e. The van der Waals surface area contributed by atoms with Gasteiger partial charge in [0.1, 0.15) is 6.54 Å². The van der Waals surface area contributed by atoms with Crippen LogP contribution in [-0.4, -0.2) is 25.8 Å². The maximum absolute atomic E-state index is 13.3. The monoisotopic (exact) mass is 551 g/mol. The topological polar surface area (TPSA) is 110 Å². The van der Waals surface area contributed by atoms with E-state index in [1.165, 1.54) is 36.4 Å². The molecule has 0 aromatic heterocycles. The van der Waals surface area contributed by atoms with Gasteiger partial charge < -0.3 is 5.32 Å². The van der Waals surface area contributed by atoms with E-state index in [0.29, 0.717) is 5.69 Å². The number of sulfonamides is 1. The van der Waals surface area contributed by atoms with Crippen LogP contribution in [0.25, 0.3) is 0 Å². The van der Waals surface area contributed by atoms with E-state index in [9.17, 15) is 23.3 Å². The lowest BCUT2D eigenvalue weighted by atomic mass is 10.2. The highest BCUT2D eigenvalue weighted by Crippen LogP contribution is 2.26. The van der Waals surface area contributed by atoms with Gasteiger partial charge in [-0.1, -0.05) is 18.2 Å². The van der Waals surface area contributed by atoms with Crippen molar-refractivity contribution in [2.45, 2.75) is 11.8 Å². The van der Waals surface area contributed by atoms with Crippen molar-refractivity contribution in [1.29, 1.82) is 0 Å². The first-order valence-corrected chi connectivity index (χ1v) is 11.6. The Kier molecular flexibility index (Phi) is 6.91. The van der Waals surface area contributed by atoms with Gasteiger partial charge in [-0.05, 0) is 77.5 Å². The molecule has 0 aliphatic carbocycles. The summed E-state index contributed by atoms with van der Waals surface area (Å²) in [4.78, 5) is 23.1. The molecule has 0 radical (unpaired) electrons. The average Bonchev–Trinajstić information content (AvgIpc) is 2.74. The molecular weight excluding hydrogens is 533 g/mol. The SMILES string of the molecule is Cc1cc(I)ccc1NC(=O)CN(c1ccc([N+](=O)[O-])cc1)S(=O)(=O)c1ccccc1. The highest BCUT2D eigenvalue weighted by molar-refractivity contribution is 14.1. The van der Waals surface area contributed by atoms with Gasteiger partial charge in [0.15, 0.2) is 0 Å². The van der Waals surface area contributed by atoms with Gasteiger partial charge in [0.2, 0.25) is 5.91 Å². The lowest BCUT2D eigenvalue weighted by Gasteiger charge is -2.24. The molecule has 0 heterocycles. The molecule has 0 unspecified atom stereocenters. The van der Waals surface area contributed by atoms with Crippen LogP contribution in [0.5, 0.6) is 0 Å². The van der Waals surface area contributed by atoms with Crippen molar-refractivity contribution in [3.8, 4) is 0 Å². The molecule has 0 aliphatic heterocycles. The van der Waals surface area contributed by atoms with Gasteiger partial charge >= 0.3 is 0 Å². The maximum Gasteiger partial charge on any atom is 0.269 e. The molecule has 0 aliphatic rings. The van der Waals surface area contributed by atoms with Gasteiger partial charge in [-0.3, -0.25) is 19.2 Å². The van der Waals surface area contributed by atoms with E-state index in [1.807, 2.05) is 19.1 Å². The quantitative estimate of drug-likeness (QED) is 0.267. The van der Waals surface area contributed by atoms with Gasteiger partial charge in [0.05, 0.1) is 15.5 Å². The van der Waals surface area contributed by atoms with Crippen LogP contribution in [0.3, 0.4) is 0 Å². The summed E-state index contributed by atoms with van der Waals surface area (Å²) in [5.41, 5.74) is 1.38. The standard InChI is InChI=1S/C21H18IN3O5S/c1-15-13-16(22)7-12-20(15)23-21(26)14-24(17-8-10-18(11-9-17)25(27)28)31(29,30)19-5-3-2-4-6-19/h2-13H,14H2,1H3,(H,23,26). The summed E-state index contributed by atoms with van der Waals surface area (Å²) in [6.45, 7) is 1.34. The molecule has 3 aromatic rings. The molecule has 0 fully saturated rings. The van der Waals surface area contributed by atoms with E-state index in [-0.39, 0.29) is 16.3 Å². The summed E-state index contributed by atoms with van der Waals surface area (Å²) >= 11 is 2.16. The third-order valence-corrected chi connectivity index (χ3v) is 6.89. The maximum atomic E-state index is 13.3. The second kappa shape index (κ2) is 9.43. The minimum Gasteiger partial charge on any atom is -0.324 e. The summed E-state index contributed by atoms with van der Waals surface area (Å²) < 4.78 is 28.5. The average molecular weight is 551 g/mol. The number of hydrogen-bond donors (Lipinski definition) is 1. The molecule has 0 saturated heterocycles. The fraction of sp³-hybridized carbons (Fsp3) is 0.0952. The van der Waals surface area contributed by atoms with Crippen molar-refractivity contribution >= 4 is 55.6 Å². The first-order chi connectivity index (χ1) is 14.7. The molecule has 0 bridgehead atoms. The number of aryl methyl sites for hydroxylation is 1. The van der Waals surface area contributed by atoms with Crippen molar-refractivity contribution in [2.75, 3.05) is 16.2 Å². The zero-order valence-corrected chi connectivity index (χ0v) is 19.3. The van der Waals surface area contributed by atoms with Crippen LogP contribution < -0.4 is 9.62 Å². The first-order valence-electron chi connectivity index (χ1n) is 9.07. The molecular formula is C21H18IN3O5S. The van der Waals surface area contributed by atoms with Crippen molar-refractivity contribution in [3.05, 3.63) is 92.0 Å². The summed E-state index contributed by atoms with van der Waals surface area (Å²) in [7, 11) is -4.09. The normalized spacial score (nSPS) is 11.0. The van der Waals surface area contributed by atoms with E-state index in [2.05, 4.69) is 27.9 Å². The second-order valence-electron chi connectivity index (χ2n) is 6.61. The van der Waals surface area contributed by atoms with Gasteiger partial charge in [0, 0.05) is 21.4 Å². The molecule has 3 rings (SSSR count). The Balaban J connectivity index is 1.95. The number of non-ortho nitro benzene ring substituents is 1. The molecule has 10 heteroatoms. The number of nitro benzene ring substituents is 1. The molecule has 160 valence electrons. The number of halogens is 1. The fourth-order valence-corrected chi connectivity index (χ4v) is 4.95. The van der Waals surface area contributed by atoms with Crippen LogP contribution >= 0.6 is 22.6 Å². The number of nitro groups is 1. The summed E-state index contributed by atoms with van der Waals surface area (Å²) in [5, 5.41) is 13.7. The number of hydrogen-bond acceptors (Lipinski definition) is 5. The highest BCUT2D eigenvalue weighted by Gasteiger charge is 2.27. The Morgan fingerprint density at radius 1 is 1.06 bits per heavy atom. The van der Waals surface area contributed by atoms with Crippen molar-refractivity contribution < 1.29 is 18.1 Å². The van der Waals surface area contributed by atoms with E-state index >= 15 is 0 Å². The highest BCUT2D eigenvalue weighted by atomic mass is 127. The van der Waals surface area contributed by atoms with Gasteiger partial charge in [-0.2, -0.15) is 0 Å². The number of rotatable bonds is 7. The van der Waals surface area contributed by atoms with Crippen LogP contribution in [0.1, 0.15) is 5.56 Å². The first kappa shape index (κ1) is 22.7. The minimum absolute atomic E-state index is 0.00611. The third-order valence-electron chi connectivity index (χ3n) is 4.43. The number of benzene rings is 3. The number of nitrogens with one attached hydrogen (secondary N) is 1. The molecule has 8 nitrogen and oxygen atoms in total. The largest absolute Gasteiger partial charge is 0.324 e. The van der Waals surface area contributed by atoms with Crippen molar-refractivity contribution in [1.82, 2.24) is 0 Å². The summed E-state index contributed by atoms with van der Waals surface area (Å²) in [5.74, 6) is -0.540. The Labute approximate surface area is 193 Å². The molecule has 0 saturated carbocycles. The third kappa shape index (κ3) is 5.39. The van der Waals surface area contributed by atoms with E-state index in [1.54, 1.807) is 24.3 Å². The van der Waals surface area contributed by atoms with Gasteiger partial charge in [-0.25, -0.2) is 8.42 Å². The Morgan fingerprint density at radius 2 is 1.71 bits per heavy atom. The van der Waals surface area contributed by atoms with Crippen LogP contribution in [-0.2, 0) is 14.8 Å². The summed E-state index contributed by atoms with van der Waals surface area (Å²) in [6.07, 6.45) is 0. The molecule has 3 aromatic carbocycles. The van der Waals surface area contributed by atoms with Gasteiger partial charge in [0.25, 0.3) is 15.7 Å². The number of carbonyl (C=O) groups excluding carboxylic acids is 1. The molecule has 0 spiro atoms. The van der Waals surface area contributed by atoms with E-state index < -0.39 is 27.4 Å². The number of nitrogens with zero attached hydrogens (tertiary/aromatic N) is 2. The lowest BCUT2D eigenvalue weighted by Crippen LogP contribution is -2.38. The van der Waals surface area contributed by atoms with Crippen molar-refractivity contribution in [3.63, 3.8) is 0 Å². The molecule has 1 amide bonds. The molecule has 0 atom stereocenters. The molecule has 1 N–H and O–H groups in total. The number of anilines is 2. The van der Waals surface area contributed by atoms with Crippen LogP contribution in [0, 0.1) is 20.6 Å². The minimum atomic E-state index is -4.09. The molecule has 31 heavy (non-hydrogen) atoms. The van der Waals surface area contributed by atoms with E-state index in [0.717, 1.165) is 13.4 Å². The second-order valence-corrected chi connectivity index (χ2v) is 9.71. The lowest BCUT2D eigenvalue weighted by molar-refractivity contribution is -0.384. The Bertz CT molecular complexity index is 1220. The van der Waals surface area contributed by atoms with Crippen molar-refractivity contribution in [2.24, 2.45) is 0 Å². The van der Waals surface area contributed by atoms with Crippen LogP contribution in [0.15, 0.2) is 77.7 Å². The van der Waals surface area contributed by atoms with E-state index in [4.69, 9.17) is 0 Å².